The van der Waals surface area contributed by atoms with Crippen LogP contribution in [0.25, 0.3) is 0 Å². The zero-order chi connectivity index (χ0) is 22.4. The topological polar surface area (TPSA) is 75.3 Å². The maximum atomic E-state index is 11.4. The lowest BCUT2D eigenvalue weighted by atomic mass is 9.65. The molecule has 0 aliphatic rings. The standard InChI is InChI=1S/C28H26N2O2/c29-30-26(27(31)32)20-21-16-18-25(19-17-21)28(22-10-4-1-5-11-22,23-12-6-2-7-13-23)24-14-8-3-9-15-24/h1-19,26,30H,20,29H2,(H,31,32). The van der Waals surface area contributed by atoms with Crippen LogP contribution in [-0.2, 0) is 16.6 Å². The van der Waals surface area contributed by atoms with Gasteiger partial charge in [0.05, 0.1) is 5.41 Å². The Hall–Kier alpha value is -3.73. The lowest BCUT2D eigenvalue weighted by Crippen LogP contribution is -2.42. The molecule has 4 nitrogen and oxygen atoms in total. The summed E-state index contributed by atoms with van der Waals surface area (Å²) in [5, 5.41) is 9.32. The van der Waals surface area contributed by atoms with Gasteiger partial charge in [0.15, 0.2) is 0 Å². The van der Waals surface area contributed by atoms with Crippen molar-refractivity contribution in [3.05, 3.63) is 143 Å². The fourth-order valence-corrected chi connectivity index (χ4v) is 4.41. The quantitative estimate of drug-likeness (QED) is 0.222. The highest BCUT2D eigenvalue weighted by Gasteiger charge is 2.38. The molecule has 0 saturated carbocycles. The number of carboxylic acids is 1. The molecule has 0 radical (unpaired) electrons. The summed E-state index contributed by atoms with van der Waals surface area (Å²) in [6.07, 6.45) is 0.307. The third kappa shape index (κ3) is 4.06. The van der Waals surface area contributed by atoms with Crippen molar-refractivity contribution in [3.63, 3.8) is 0 Å². The third-order valence-electron chi connectivity index (χ3n) is 5.95. The minimum absolute atomic E-state index is 0.307. The smallest absolute Gasteiger partial charge is 0.322 e. The van der Waals surface area contributed by atoms with Crippen LogP contribution in [0.15, 0.2) is 115 Å². The van der Waals surface area contributed by atoms with Crippen LogP contribution in [0, 0.1) is 0 Å². The average Bonchev–Trinajstić information content (AvgIpc) is 2.86. The molecule has 1 atom stereocenters. The van der Waals surface area contributed by atoms with Gasteiger partial charge in [-0.2, -0.15) is 0 Å². The summed E-state index contributed by atoms with van der Waals surface area (Å²) in [6, 6.07) is 38.8. The minimum atomic E-state index is -0.969. The molecule has 4 aromatic carbocycles. The van der Waals surface area contributed by atoms with Crippen molar-refractivity contribution in [1.82, 2.24) is 5.43 Å². The molecule has 32 heavy (non-hydrogen) atoms. The molecule has 0 spiro atoms. The fourth-order valence-electron chi connectivity index (χ4n) is 4.41. The Balaban J connectivity index is 1.91. The van der Waals surface area contributed by atoms with Crippen LogP contribution in [0.4, 0.5) is 0 Å². The monoisotopic (exact) mass is 422 g/mol. The first-order chi connectivity index (χ1) is 15.7. The zero-order valence-electron chi connectivity index (χ0n) is 17.7. The van der Waals surface area contributed by atoms with E-state index in [1.807, 2.05) is 30.3 Å². The largest absolute Gasteiger partial charge is 0.480 e. The number of rotatable bonds is 8. The molecular formula is C28H26N2O2. The Morgan fingerprint density at radius 2 is 1.06 bits per heavy atom. The molecule has 1 unspecified atom stereocenters. The summed E-state index contributed by atoms with van der Waals surface area (Å²) >= 11 is 0. The van der Waals surface area contributed by atoms with E-state index in [9.17, 15) is 9.90 Å². The number of hydrazine groups is 1. The highest BCUT2D eigenvalue weighted by atomic mass is 16.4. The van der Waals surface area contributed by atoms with Crippen molar-refractivity contribution in [3.8, 4) is 0 Å². The highest BCUT2D eigenvalue weighted by molar-refractivity contribution is 5.73. The maximum absolute atomic E-state index is 11.4. The number of nitrogens with two attached hydrogens (primary N) is 1. The molecule has 4 heteroatoms. The first-order valence-electron chi connectivity index (χ1n) is 10.6. The van der Waals surface area contributed by atoms with E-state index in [0.717, 1.165) is 27.8 Å². The second-order valence-corrected chi connectivity index (χ2v) is 7.81. The van der Waals surface area contributed by atoms with Gasteiger partial charge < -0.3 is 5.11 Å². The summed E-state index contributed by atoms with van der Waals surface area (Å²) in [7, 11) is 0. The van der Waals surface area contributed by atoms with E-state index in [4.69, 9.17) is 5.84 Å². The SMILES string of the molecule is NNC(Cc1ccc(C(c2ccccc2)(c2ccccc2)c2ccccc2)cc1)C(=O)O. The summed E-state index contributed by atoms with van der Waals surface area (Å²) in [5.41, 5.74) is 7.37. The first kappa shape index (κ1) is 21.5. The van der Waals surface area contributed by atoms with Crippen molar-refractivity contribution < 1.29 is 9.90 Å². The molecule has 0 aliphatic carbocycles. The van der Waals surface area contributed by atoms with Crippen LogP contribution in [0.5, 0.6) is 0 Å². The number of hydrogen-bond donors (Lipinski definition) is 3. The van der Waals surface area contributed by atoms with Crippen molar-refractivity contribution in [2.45, 2.75) is 17.9 Å². The van der Waals surface area contributed by atoms with Crippen LogP contribution in [-0.4, -0.2) is 17.1 Å². The van der Waals surface area contributed by atoms with Gasteiger partial charge in [0.25, 0.3) is 0 Å². The van der Waals surface area contributed by atoms with Crippen LogP contribution in [0.3, 0.4) is 0 Å². The lowest BCUT2D eigenvalue weighted by Gasteiger charge is -2.37. The van der Waals surface area contributed by atoms with Crippen LogP contribution in [0.2, 0.25) is 0 Å². The summed E-state index contributed by atoms with van der Waals surface area (Å²) in [4.78, 5) is 11.4. The van der Waals surface area contributed by atoms with E-state index in [0.29, 0.717) is 6.42 Å². The number of benzene rings is 4. The number of carbonyl (C=O) groups is 1. The predicted molar refractivity (Wildman–Crippen MR) is 127 cm³/mol. The van der Waals surface area contributed by atoms with Crippen molar-refractivity contribution in [2.24, 2.45) is 5.84 Å². The summed E-state index contributed by atoms with van der Waals surface area (Å²) < 4.78 is 0. The van der Waals surface area contributed by atoms with Gasteiger partial charge >= 0.3 is 5.97 Å². The predicted octanol–water partition coefficient (Wildman–Crippen LogP) is 4.53. The Bertz CT molecular complexity index is 1050. The van der Waals surface area contributed by atoms with Gasteiger partial charge in [0.2, 0.25) is 0 Å². The van der Waals surface area contributed by atoms with Crippen molar-refractivity contribution in [2.75, 3.05) is 0 Å². The molecule has 4 aromatic rings. The van der Waals surface area contributed by atoms with E-state index in [1.54, 1.807) is 0 Å². The van der Waals surface area contributed by atoms with E-state index < -0.39 is 17.4 Å². The normalized spacial score (nSPS) is 12.3. The van der Waals surface area contributed by atoms with Gasteiger partial charge in [-0.3, -0.25) is 10.6 Å². The second-order valence-electron chi connectivity index (χ2n) is 7.81. The molecule has 0 saturated heterocycles. The number of hydrogen-bond acceptors (Lipinski definition) is 3. The molecule has 0 amide bonds. The fraction of sp³-hybridized carbons (Fsp3) is 0.107. The zero-order valence-corrected chi connectivity index (χ0v) is 17.7. The maximum Gasteiger partial charge on any atom is 0.322 e. The van der Waals surface area contributed by atoms with Crippen LogP contribution >= 0.6 is 0 Å². The molecular weight excluding hydrogens is 396 g/mol. The van der Waals surface area contributed by atoms with Gasteiger partial charge in [-0.15, -0.1) is 0 Å². The minimum Gasteiger partial charge on any atom is -0.480 e. The molecule has 4 rings (SSSR count). The van der Waals surface area contributed by atoms with Crippen LogP contribution in [0.1, 0.15) is 27.8 Å². The summed E-state index contributed by atoms with van der Waals surface area (Å²) in [6.45, 7) is 0. The Morgan fingerprint density at radius 3 is 1.41 bits per heavy atom. The van der Waals surface area contributed by atoms with E-state index in [-0.39, 0.29) is 0 Å². The van der Waals surface area contributed by atoms with E-state index in [1.165, 1.54) is 0 Å². The Morgan fingerprint density at radius 1 is 0.688 bits per heavy atom. The average molecular weight is 423 g/mol. The lowest BCUT2D eigenvalue weighted by molar-refractivity contribution is -0.139. The van der Waals surface area contributed by atoms with Gasteiger partial charge in [0.1, 0.15) is 6.04 Å². The van der Waals surface area contributed by atoms with Crippen LogP contribution < -0.4 is 11.3 Å². The third-order valence-corrected chi connectivity index (χ3v) is 5.95. The molecule has 0 aliphatic heterocycles. The van der Waals surface area contributed by atoms with E-state index >= 15 is 0 Å². The van der Waals surface area contributed by atoms with Gasteiger partial charge in [0, 0.05) is 0 Å². The second kappa shape index (κ2) is 9.60. The number of carboxylic acid groups (broad SMARTS) is 1. The highest BCUT2D eigenvalue weighted by Crippen LogP contribution is 2.44. The molecule has 0 bridgehead atoms. The molecule has 160 valence electrons. The molecule has 0 fully saturated rings. The molecule has 4 N–H and O–H groups in total. The Kier molecular flexibility index (Phi) is 6.45. The first-order valence-corrected chi connectivity index (χ1v) is 10.6. The van der Waals surface area contributed by atoms with Gasteiger partial charge in [-0.1, -0.05) is 115 Å². The number of nitrogens with one attached hydrogen (secondary N) is 1. The van der Waals surface area contributed by atoms with Gasteiger partial charge in [-0.25, -0.2) is 5.43 Å². The van der Waals surface area contributed by atoms with E-state index in [2.05, 4.69) is 90.4 Å². The van der Waals surface area contributed by atoms with Crippen molar-refractivity contribution >= 4 is 5.97 Å². The molecule has 0 heterocycles. The molecule has 0 aromatic heterocycles. The Labute approximate surface area is 188 Å². The summed E-state index contributed by atoms with van der Waals surface area (Å²) in [5.74, 6) is 4.45. The van der Waals surface area contributed by atoms with Gasteiger partial charge in [-0.05, 0) is 34.2 Å². The number of aliphatic carboxylic acids is 1. The van der Waals surface area contributed by atoms with Crippen molar-refractivity contribution in [1.29, 1.82) is 0 Å².